The Morgan fingerprint density at radius 3 is 2.65 bits per heavy atom. The highest BCUT2D eigenvalue weighted by Gasteiger charge is 2.33. The van der Waals surface area contributed by atoms with Crippen molar-refractivity contribution in [1.29, 1.82) is 0 Å². The summed E-state index contributed by atoms with van der Waals surface area (Å²) >= 11 is 7.69. The van der Waals surface area contributed by atoms with E-state index in [0.717, 1.165) is 12.0 Å². The van der Waals surface area contributed by atoms with Gasteiger partial charge in [-0.2, -0.15) is 0 Å². The number of nitrogens with one attached hydrogen (secondary N) is 1. The Morgan fingerprint density at radius 1 is 1.24 bits per heavy atom. The average Bonchev–Trinajstić information content (AvgIpc) is 3.26. The van der Waals surface area contributed by atoms with E-state index in [0.29, 0.717) is 43.5 Å². The van der Waals surface area contributed by atoms with Crippen molar-refractivity contribution >= 4 is 34.9 Å². The molecule has 7 nitrogen and oxygen atoms in total. The number of amides is 3. The lowest BCUT2D eigenvalue weighted by Crippen LogP contribution is -2.53. The quantitative estimate of drug-likeness (QED) is 0.497. The lowest BCUT2D eigenvalue weighted by Gasteiger charge is -2.37. The third kappa shape index (κ3) is 7.35. The Kier molecular flexibility index (Phi) is 9.22. The second kappa shape index (κ2) is 11.9. The van der Waals surface area contributed by atoms with Crippen LogP contribution in [0.4, 0.5) is 4.79 Å². The number of thiophene rings is 1. The number of hydrogen-bond acceptors (Lipinski definition) is 5. The first-order valence-corrected chi connectivity index (χ1v) is 12.7. The largest absolute Gasteiger partial charge is 0.491 e. The fourth-order valence-corrected chi connectivity index (χ4v) is 4.94. The molecular weight excluding hydrogens is 474 g/mol. The maximum atomic E-state index is 13.5. The smallest absolute Gasteiger partial charge is 0.318 e. The molecule has 1 N–H and O–H groups in total. The highest BCUT2D eigenvalue weighted by molar-refractivity contribution is 7.10. The Balaban J connectivity index is 1.74. The van der Waals surface area contributed by atoms with Crippen LogP contribution in [0.25, 0.3) is 0 Å². The molecule has 1 unspecified atom stereocenters. The minimum atomic E-state index is -0.398. The van der Waals surface area contributed by atoms with Gasteiger partial charge in [0.25, 0.3) is 0 Å². The Morgan fingerprint density at radius 2 is 1.97 bits per heavy atom. The summed E-state index contributed by atoms with van der Waals surface area (Å²) in [6.07, 6.45) is 1.45. The summed E-state index contributed by atoms with van der Waals surface area (Å²) in [5.41, 5.74) is 0.717. The van der Waals surface area contributed by atoms with Crippen molar-refractivity contribution in [2.75, 3.05) is 40.0 Å². The van der Waals surface area contributed by atoms with E-state index in [4.69, 9.17) is 21.1 Å². The van der Waals surface area contributed by atoms with Crippen LogP contribution in [0.5, 0.6) is 5.75 Å². The summed E-state index contributed by atoms with van der Waals surface area (Å²) in [6, 6.07) is 8.80. The Bertz CT molecular complexity index is 958. The molecule has 1 aliphatic heterocycles. The molecule has 2 heterocycles. The van der Waals surface area contributed by atoms with E-state index in [1.807, 2.05) is 37.8 Å². The van der Waals surface area contributed by atoms with Gasteiger partial charge in [-0.05, 0) is 74.9 Å². The first-order chi connectivity index (χ1) is 16.2. The van der Waals surface area contributed by atoms with Gasteiger partial charge in [0, 0.05) is 42.2 Å². The number of nitrogens with zero attached hydrogens (tertiary/aromatic N) is 2. The number of methoxy groups -OCH3 is 1. The fourth-order valence-electron chi connectivity index (χ4n) is 3.89. The zero-order valence-corrected chi connectivity index (χ0v) is 21.9. The van der Waals surface area contributed by atoms with Crippen LogP contribution in [0, 0.1) is 0 Å². The van der Waals surface area contributed by atoms with Crippen LogP contribution in [-0.4, -0.2) is 67.2 Å². The molecule has 186 valence electrons. The highest BCUT2D eigenvalue weighted by atomic mass is 35.5. The Hall–Kier alpha value is -2.29. The van der Waals surface area contributed by atoms with Crippen molar-refractivity contribution < 1.29 is 19.1 Å². The molecule has 0 saturated carbocycles. The molecule has 0 spiro atoms. The maximum Gasteiger partial charge on any atom is 0.318 e. The van der Waals surface area contributed by atoms with Crippen LogP contribution in [-0.2, 0) is 16.0 Å². The normalized spacial score (nSPS) is 15.6. The van der Waals surface area contributed by atoms with E-state index >= 15 is 0 Å². The third-order valence-corrected chi connectivity index (χ3v) is 6.76. The van der Waals surface area contributed by atoms with Crippen molar-refractivity contribution in [3.05, 3.63) is 51.2 Å². The SMILES string of the molecule is COCCCN(CC(=O)N1CCc2sccc2C1COc1ccc(Cl)cc1)C(=O)NC(C)(C)C. The number of rotatable bonds is 9. The van der Waals surface area contributed by atoms with Crippen LogP contribution in [0.15, 0.2) is 35.7 Å². The molecule has 0 radical (unpaired) electrons. The highest BCUT2D eigenvalue weighted by Crippen LogP contribution is 2.34. The number of benzene rings is 1. The summed E-state index contributed by atoms with van der Waals surface area (Å²) in [7, 11) is 1.63. The molecule has 3 rings (SSSR count). The number of carbonyl (C=O) groups excluding carboxylic acids is 2. The zero-order chi connectivity index (χ0) is 24.7. The summed E-state index contributed by atoms with van der Waals surface area (Å²) in [6.45, 7) is 7.65. The van der Waals surface area contributed by atoms with Crippen LogP contribution in [0.2, 0.25) is 5.02 Å². The van der Waals surface area contributed by atoms with Crippen molar-refractivity contribution in [1.82, 2.24) is 15.1 Å². The molecule has 1 atom stereocenters. The van der Waals surface area contributed by atoms with Crippen LogP contribution in [0.1, 0.15) is 43.7 Å². The van der Waals surface area contributed by atoms with Gasteiger partial charge >= 0.3 is 6.03 Å². The molecule has 2 aromatic rings. The minimum Gasteiger partial charge on any atom is -0.491 e. The van der Waals surface area contributed by atoms with Gasteiger partial charge in [-0.25, -0.2) is 4.79 Å². The van der Waals surface area contributed by atoms with Crippen LogP contribution >= 0.6 is 22.9 Å². The number of halogens is 1. The van der Waals surface area contributed by atoms with E-state index in [-0.39, 0.29) is 24.5 Å². The third-order valence-electron chi connectivity index (χ3n) is 5.51. The lowest BCUT2D eigenvalue weighted by molar-refractivity contribution is -0.135. The molecule has 1 aromatic heterocycles. The van der Waals surface area contributed by atoms with Crippen LogP contribution in [0.3, 0.4) is 0 Å². The number of ether oxygens (including phenoxy) is 2. The molecule has 0 fully saturated rings. The van der Waals surface area contributed by atoms with Gasteiger partial charge in [0.1, 0.15) is 18.9 Å². The molecule has 9 heteroatoms. The molecule has 34 heavy (non-hydrogen) atoms. The second-order valence-corrected chi connectivity index (χ2v) is 10.8. The topological polar surface area (TPSA) is 71.1 Å². The Labute approximate surface area is 211 Å². The average molecular weight is 508 g/mol. The van der Waals surface area contributed by atoms with E-state index in [9.17, 15) is 9.59 Å². The number of carbonyl (C=O) groups is 2. The molecule has 1 aliphatic rings. The predicted octanol–water partition coefficient (Wildman–Crippen LogP) is 4.75. The molecule has 0 aliphatic carbocycles. The number of hydrogen-bond donors (Lipinski definition) is 1. The van der Waals surface area contributed by atoms with E-state index in [1.54, 1.807) is 35.5 Å². The van der Waals surface area contributed by atoms with Crippen molar-refractivity contribution in [3.8, 4) is 5.75 Å². The number of fused-ring (bicyclic) bond motifs is 1. The van der Waals surface area contributed by atoms with Crippen LogP contribution < -0.4 is 10.1 Å². The standard InChI is InChI=1S/C25H34ClN3O4S/c1-25(2,3)27-24(31)28(12-5-14-32-4)16-23(30)29-13-10-22-20(11-15-34-22)21(29)17-33-19-8-6-18(26)7-9-19/h6-9,11,15,21H,5,10,12-14,16-17H2,1-4H3,(H,27,31). The van der Waals surface area contributed by atoms with Gasteiger partial charge in [-0.15, -0.1) is 11.3 Å². The van der Waals surface area contributed by atoms with E-state index in [1.165, 1.54) is 4.88 Å². The summed E-state index contributed by atoms with van der Waals surface area (Å²) in [4.78, 5) is 31.1. The first-order valence-electron chi connectivity index (χ1n) is 11.5. The van der Waals surface area contributed by atoms with Gasteiger partial charge in [0.05, 0.1) is 6.04 Å². The van der Waals surface area contributed by atoms with Crippen molar-refractivity contribution in [2.24, 2.45) is 0 Å². The zero-order valence-electron chi connectivity index (χ0n) is 20.3. The monoisotopic (exact) mass is 507 g/mol. The number of urea groups is 1. The molecule has 0 saturated heterocycles. The summed E-state index contributed by atoms with van der Waals surface area (Å²) in [5.74, 6) is 0.605. The van der Waals surface area contributed by atoms with E-state index in [2.05, 4.69) is 16.8 Å². The molecule has 0 bridgehead atoms. The lowest BCUT2D eigenvalue weighted by atomic mass is 10.0. The van der Waals surface area contributed by atoms with Crippen molar-refractivity contribution in [2.45, 2.75) is 45.2 Å². The predicted molar refractivity (Wildman–Crippen MR) is 136 cm³/mol. The van der Waals surface area contributed by atoms with Gasteiger partial charge in [-0.3, -0.25) is 4.79 Å². The minimum absolute atomic E-state index is 0.00252. The van der Waals surface area contributed by atoms with Gasteiger partial charge in [-0.1, -0.05) is 11.6 Å². The molecular formula is C25H34ClN3O4S. The molecule has 3 amide bonds. The van der Waals surface area contributed by atoms with Gasteiger partial charge in [0.15, 0.2) is 0 Å². The maximum absolute atomic E-state index is 13.5. The van der Waals surface area contributed by atoms with Gasteiger partial charge in [0.2, 0.25) is 5.91 Å². The van der Waals surface area contributed by atoms with Gasteiger partial charge < -0.3 is 24.6 Å². The summed E-state index contributed by atoms with van der Waals surface area (Å²) in [5, 5.41) is 5.67. The second-order valence-electron chi connectivity index (χ2n) is 9.37. The fraction of sp³-hybridized carbons (Fsp3) is 0.520. The van der Waals surface area contributed by atoms with E-state index < -0.39 is 5.54 Å². The first kappa shape index (κ1) is 26.3. The molecule has 1 aromatic carbocycles. The summed E-state index contributed by atoms with van der Waals surface area (Å²) < 4.78 is 11.2. The van der Waals surface area contributed by atoms with Crippen molar-refractivity contribution in [3.63, 3.8) is 0 Å².